The number of amides is 1. The predicted molar refractivity (Wildman–Crippen MR) is 47.4 cm³/mol. The van der Waals surface area contributed by atoms with Gasteiger partial charge in [-0.15, -0.1) is 12.4 Å². The van der Waals surface area contributed by atoms with Crippen LogP contribution < -0.4 is 11.5 Å². The quantitative estimate of drug-likeness (QED) is 0.645. The van der Waals surface area contributed by atoms with Gasteiger partial charge >= 0.3 is 0 Å². The number of hydrogen-bond acceptors (Lipinski definition) is 3. The molecule has 1 amide bonds. The van der Waals surface area contributed by atoms with Gasteiger partial charge in [0.25, 0.3) is 0 Å². The third-order valence-electron chi connectivity index (χ3n) is 0.867. The van der Waals surface area contributed by atoms with Gasteiger partial charge in [0.1, 0.15) is 0 Å². The molecule has 5 heteroatoms. The fraction of sp³-hybridized carbons (Fsp3) is 0.800. The van der Waals surface area contributed by atoms with Crippen molar-refractivity contribution in [1.29, 1.82) is 0 Å². The Morgan fingerprint density at radius 1 is 1.70 bits per heavy atom. The summed E-state index contributed by atoms with van der Waals surface area (Å²) in [4.78, 5) is 10.3. The van der Waals surface area contributed by atoms with Crippen LogP contribution in [0, 0.1) is 0 Å². The van der Waals surface area contributed by atoms with E-state index in [1.165, 1.54) is 0 Å². The Balaban J connectivity index is 0. The maximum atomic E-state index is 10.3. The number of rotatable bonds is 4. The highest BCUT2D eigenvalue weighted by atomic mass is 35.5. The third kappa shape index (κ3) is 6.19. The summed E-state index contributed by atoms with van der Waals surface area (Å²) >= 11 is 1.62. The van der Waals surface area contributed by atoms with Crippen LogP contribution in [0.2, 0.25) is 0 Å². The van der Waals surface area contributed by atoms with Crippen molar-refractivity contribution in [2.45, 2.75) is 13.0 Å². The zero-order valence-electron chi connectivity index (χ0n) is 5.87. The molecule has 0 saturated heterocycles. The lowest BCUT2D eigenvalue weighted by molar-refractivity contribution is -0.118. The molecule has 0 unspecified atom stereocenters. The Kier molecular flexibility index (Phi) is 9.13. The van der Waals surface area contributed by atoms with Crippen molar-refractivity contribution in [3.8, 4) is 0 Å². The van der Waals surface area contributed by atoms with Gasteiger partial charge in [0.05, 0.1) is 6.04 Å². The topological polar surface area (TPSA) is 69.1 Å². The van der Waals surface area contributed by atoms with E-state index >= 15 is 0 Å². The molecule has 10 heavy (non-hydrogen) atoms. The lowest BCUT2D eigenvalue weighted by atomic mass is 10.3. The van der Waals surface area contributed by atoms with Crippen LogP contribution in [0.4, 0.5) is 0 Å². The fourth-order valence-corrected chi connectivity index (χ4v) is 0.981. The number of primary amides is 1. The summed E-state index contributed by atoms with van der Waals surface area (Å²) in [5.74, 6) is 1.18. The van der Waals surface area contributed by atoms with E-state index in [2.05, 4.69) is 0 Å². The number of halogens is 1. The summed E-state index contributed by atoms with van der Waals surface area (Å²) in [6, 6.07) is -0.477. The monoisotopic (exact) mass is 184 g/mol. The molecule has 0 aliphatic carbocycles. The van der Waals surface area contributed by atoms with Crippen LogP contribution in [0.3, 0.4) is 0 Å². The third-order valence-corrected chi connectivity index (χ3v) is 1.87. The molecule has 0 heterocycles. The van der Waals surface area contributed by atoms with Gasteiger partial charge in [-0.3, -0.25) is 4.79 Å². The van der Waals surface area contributed by atoms with Crippen molar-refractivity contribution < 1.29 is 4.79 Å². The smallest absolute Gasteiger partial charge is 0.235 e. The lowest BCUT2D eigenvalue weighted by Crippen LogP contribution is -2.38. The van der Waals surface area contributed by atoms with Crippen LogP contribution in [-0.4, -0.2) is 23.5 Å². The van der Waals surface area contributed by atoms with Gasteiger partial charge in [-0.2, -0.15) is 11.8 Å². The zero-order valence-corrected chi connectivity index (χ0v) is 7.50. The number of carbonyl (C=O) groups is 1. The van der Waals surface area contributed by atoms with Gasteiger partial charge in [-0.05, 0) is 5.75 Å². The molecule has 0 rings (SSSR count). The van der Waals surface area contributed by atoms with E-state index in [-0.39, 0.29) is 12.4 Å². The van der Waals surface area contributed by atoms with Gasteiger partial charge in [-0.1, -0.05) is 6.92 Å². The number of hydrogen-bond donors (Lipinski definition) is 2. The average molecular weight is 185 g/mol. The van der Waals surface area contributed by atoms with Crippen molar-refractivity contribution in [3.05, 3.63) is 0 Å². The van der Waals surface area contributed by atoms with Gasteiger partial charge in [0, 0.05) is 5.75 Å². The van der Waals surface area contributed by atoms with Crippen molar-refractivity contribution in [2.24, 2.45) is 11.5 Å². The second-order valence-electron chi connectivity index (χ2n) is 1.67. The summed E-state index contributed by atoms with van der Waals surface area (Å²) in [5, 5.41) is 0. The molecule has 0 radical (unpaired) electrons. The average Bonchev–Trinajstić information content (AvgIpc) is 1.82. The van der Waals surface area contributed by atoms with E-state index in [0.29, 0.717) is 5.75 Å². The van der Waals surface area contributed by atoms with Crippen LogP contribution >= 0.6 is 24.2 Å². The number of carbonyl (C=O) groups excluding carboxylic acids is 1. The van der Waals surface area contributed by atoms with E-state index in [1.54, 1.807) is 11.8 Å². The molecule has 1 atom stereocenters. The fourth-order valence-electron chi connectivity index (χ4n) is 0.327. The van der Waals surface area contributed by atoms with Crippen molar-refractivity contribution in [2.75, 3.05) is 11.5 Å². The summed E-state index contributed by atoms with van der Waals surface area (Å²) < 4.78 is 0. The Hall–Kier alpha value is 0.0700. The van der Waals surface area contributed by atoms with Gasteiger partial charge in [-0.25, -0.2) is 0 Å². The van der Waals surface area contributed by atoms with E-state index in [0.717, 1.165) is 5.75 Å². The van der Waals surface area contributed by atoms with Gasteiger partial charge in [0.15, 0.2) is 0 Å². The maximum absolute atomic E-state index is 10.3. The summed E-state index contributed by atoms with van der Waals surface area (Å²) in [6.45, 7) is 2.01. The Labute approximate surface area is 71.3 Å². The molecule has 0 fully saturated rings. The van der Waals surface area contributed by atoms with Crippen LogP contribution in [0.25, 0.3) is 0 Å². The standard InChI is InChI=1S/C5H12N2OS.ClH/c1-2-9-3-4(6)5(7)8;/h4H,2-3,6H2,1H3,(H2,7,8);1H/t4-;/m0./s1. The molecule has 0 aromatic heterocycles. The van der Waals surface area contributed by atoms with E-state index in [9.17, 15) is 4.79 Å². The van der Waals surface area contributed by atoms with Crippen LogP contribution in [-0.2, 0) is 4.79 Å². The largest absolute Gasteiger partial charge is 0.368 e. The number of nitrogens with two attached hydrogens (primary N) is 2. The lowest BCUT2D eigenvalue weighted by Gasteiger charge is -2.03. The predicted octanol–water partition coefficient (Wildman–Crippen LogP) is -0.0261. The van der Waals surface area contributed by atoms with E-state index < -0.39 is 11.9 Å². The van der Waals surface area contributed by atoms with Crippen LogP contribution in [0.1, 0.15) is 6.92 Å². The first-order valence-electron chi connectivity index (χ1n) is 2.81. The molecule has 0 bridgehead atoms. The van der Waals surface area contributed by atoms with Gasteiger partial charge < -0.3 is 11.5 Å². The molecule has 4 N–H and O–H groups in total. The highest BCUT2D eigenvalue weighted by Gasteiger charge is 2.06. The minimum atomic E-state index is -0.477. The van der Waals surface area contributed by atoms with Gasteiger partial charge in [0.2, 0.25) is 5.91 Å². The van der Waals surface area contributed by atoms with E-state index in [1.807, 2.05) is 6.92 Å². The minimum Gasteiger partial charge on any atom is -0.368 e. The SMILES string of the molecule is CCSC[C@H](N)C(N)=O.Cl. The van der Waals surface area contributed by atoms with Crippen molar-refractivity contribution >= 4 is 30.1 Å². The highest BCUT2D eigenvalue weighted by Crippen LogP contribution is 1.98. The molecular weight excluding hydrogens is 172 g/mol. The molecule has 3 nitrogen and oxygen atoms in total. The second-order valence-corrected chi connectivity index (χ2v) is 2.99. The molecule has 0 spiro atoms. The molecule has 0 aliphatic rings. The molecule has 0 aliphatic heterocycles. The molecule has 62 valence electrons. The summed E-state index contributed by atoms with van der Waals surface area (Å²) in [5.41, 5.74) is 10.2. The first kappa shape index (κ1) is 12.7. The summed E-state index contributed by atoms with van der Waals surface area (Å²) in [7, 11) is 0. The molecule has 0 aromatic carbocycles. The summed E-state index contributed by atoms with van der Waals surface area (Å²) in [6.07, 6.45) is 0. The Morgan fingerprint density at radius 3 is 2.50 bits per heavy atom. The van der Waals surface area contributed by atoms with Crippen molar-refractivity contribution in [3.63, 3.8) is 0 Å². The first-order chi connectivity index (χ1) is 4.18. The highest BCUT2D eigenvalue weighted by molar-refractivity contribution is 7.99. The maximum Gasteiger partial charge on any atom is 0.235 e. The Morgan fingerprint density at radius 2 is 2.20 bits per heavy atom. The number of thioether (sulfide) groups is 1. The van der Waals surface area contributed by atoms with Crippen LogP contribution in [0.15, 0.2) is 0 Å². The minimum absolute atomic E-state index is 0. The molecule has 0 aromatic rings. The Bertz CT molecular complexity index is 102. The zero-order chi connectivity index (χ0) is 7.28. The van der Waals surface area contributed by atoms with Crippen molar-refractivity contribution in [1.82, 2.24) is 0 Å². The van der Waals surface area contributed by atoms with E-state index in [4.69, 9.17) is 11.5 Å². The first-order valence-corrected chi connectivity index (χ1v) is 3.96. The second kappa shape index (κ2) is 7.18. The normalized spacial score (nSPS) is 11.8. The van der Waals surface area contributed by atoms with Crippen LogP contribution in [0.5, 0.6) is 0 Å². The molecule has 0 saturated carbocycles. The molecular formula is C5H13ClN2OS.